The maximum absolute atomic E-state index is 12.1. The van der Waals surface area contributed by atoms with Gasteiger partial charge in [-0.05, 0) is 59.1 Å². The molecule has 0 unspecified atom stereocenters. The average molecular weight is 360 g/mol. The van der Waals surface area contributed by atoms with Crippen molar-refractivity contribution in [2.24, 2.45) is 5.92 Å². The van der Waals surface area contributed by atoms with Gasteiger partial charge in [-0.25, -0.2) is 0 Å². The van der Waals surface area contributed by atoms with E-state index >= 15 is 0 Å². The van der Waals surface area contributed by atoms with E-state index in [-0.39, 0.29) is 17.7 Å². The van der Waals surface area contributed by atoms with Gasteiger partial charge in [0.2, 0.25) is 5.91 Å². The number of anilines is 2. The van der Waals surface area contributed by atoms with Gasteiger partial charge in [-0.15, -0.1) is 0 Å². The highest BCUT2D eigenvalue weighted by molar-refractivity contribution is 9.10. The van der Waals surface area contributed by atoms with Crippen LogP contribution in [0.15, 0.2) is 47.2 Å². The third-order valence-corrected chi connectivity index (χ3v) is 3.76. The predicted octanol–water partition coefficient (Wildman–Crippen LogP) is 3.44. The van der Waals surface area contributed by atoms with Gasteiger partial charge in [0.05, 0.1) is 5.56 Å². The highest BCUT2D eigenvalue weighted by Crippen LogP contribution is 2.30. The van der Waals surface area contributed by atoms with Crippen LogP contribution in [0.3, 0.4) is 0 Å². The fourth-order valence-electron chi connectivity index (χ4n) is 1.97. The van der Waals surface area contributed by atoms with Crippen molar-refractivity contribution in [1.82, 2.24) is 4.98 Å². The summed E-state index contributed by atoms with van der Waals surface area (Å²) in [6, 6.07) is 8.76. The third-order valence-electron chi connectivity index (χ3n) is 3.33. The summed E-state index contributed by atoms with van der Waals surface area (Å²) in [5, 5.41) is 5.64. The highest BCUT2D eigenvalue weighted by atomic mass is 79.9. The molecule has 22 heavy (non-hydrogen) atoms. The first-order valence-electron chi connectivity index (χ1n) is 6.94. The van der Waals surface area contributed by atoms with E-state index in [0.29, 0.717) is 11.3 Å². The Morgan fingerprint density at radius 1 is 1.05 bits per heavy atom. The average Bonchev–Trinajstić information content (AvgIpc) is 3.34. The number of rotatable bonds is 4. The van der Waals surface area contributed by atoms with E-state index in [1.165, 1.54) is 6.20 Å². The van der Waals surface area contributed by atoms with Gasteiger partial charge in [0.15, 0.2) is 0 Å². The first-order chi connectivity index (χ1) is 10.6. The molecule has 0 aliphatic heterocycles. The molecule has 0 spiro atoms. The van der Waals surface area contributed by atoms with Crippen LogP contribution in [-0.4, -0.2) is 16.8 Å². The van der Waals surface area contributed by atoms with Crippen molar-refractivity contribution in [2.75, 3.05) is 10.6 Å². The number of carbonyl (C=O) groups is 2. The monoisotopic (exact) mass is 359 g/mol. The Labute approximate surface area is 136 Å². The predicted molar refractivity (Wildman–Crippen MR) is 87.7 cm³/mol. The van der Waals surface area contributed by atoms with E-state index in [0.717, 1.165) is 23.0 Å². The molecule has 5 nitrogen and oxygen atoms in total. The number of hydrogen-bond acceptors (Lipinski definition) is 3. The minimum Gasteiger partial charge on any atom is -0.326 e. The van der Waals surface area contributed by atoms with E-state index < -0.39 is 0 Å². The summed E-state index contributed by atoms with van der Waals surface area (Å²) in [7, 11) is 0. The van der Waals surface area contributed by atoms with Crippen molar-refractivity contribution in [1.29, 1.82) is 0 Å². The first-order valence-corrected chi connectivity index (χ1v) is 7.74. The molecule has 2 N–H and O–H groups in total. The van der Waals surface area contributed by atoms with Crippen molar-refractivity contribution in [2.45, 2.75) is 12.8 Å². The molecule has 1 fully saturated rings. The largest absolute Gasteiger partial charge is 0.326 e. The van der Waals surface area contributed by atoms with E-state index in [4.69, 9.17) is 0 Å². The van der Waals surface area contributed by atoms with Crippen LogP contribution in [0.5, 0.6) is 0 Å². The molecule has 0 radical (unpaired) electrons. The van der Waals surface area contributed by atoms with Gasteiger partial charge in [0.1, 0.15) is 0 Å². The van der Waals surface area contributed by atoms with E-state index in [1.54, 1.807) is 36.5 Å². The van der Waals surface area contributed by atoms with Gasteiger partial charge in [-0.2, -0.15) is 0 Å². The van der Waals surface area contributed by atoms with Gasteiger partial charge in [-0.1, -0.05) is 0 Å². The number of carbonyl (C=O) groups excluding carboxylic acids is 2. The SMILES string of the molecule is O=C(Nc1ccc(NC(=O)C2CC2)cc1)c1cncc(Br)c1. The summed E-state index contributed by atoms with van der Waals surface area (Å²) >= 11 is 3.28. The Kier molecular flexibility index (Phi) is 4.20. The Bertz CT molecular complexity index is 712. The fraction of sp³-hybridized carbons (Fsp3) is 0.188. The second-order valence-corrected chi connectivity index (χ2v) is 6.10. The van der Waals surface area contributed by atoms with Gasteiger partial charge < -0.3 is 10.6 Å². The second-order valence-electron chi connectivity index (χ2n) is 5.19. The van der Waals surface area contributed by atoms with Crippen LogP contribution in [0.25, 0.3) is 0 Å². The lowest BCUT2D eigenvalue weighted by molar-refractivity contribution is -0.117. The van der Waals surface area contributed by atoms with Crippen LogP contribution in [0.1, 0.15) is 23.2 Å². The number of nitrogens with one attached hydrogen (secondary N) is 2. The molecule has 2 amide bonds. The summed E-state index contributed by atoms with van der Waals surface area (Å²) in [6.45, 7) is 0. The molecule has 1 aliphatic carbocycles. The molecule has 1 aromatic heterocycles. The minimum atomic E-state index is -0.233. The molecular weight excluding hydrogens is 346 g/mol. The topological polar surface area (TPSA) is 71.1 Å². The molecular formula is C16H14BrN3O2. The molecule has 1 aromatic carbocycles. The van der Waals surface area contributed by atoms with Crippen LogP contribution in [0.2, 0.25) is 0 Å². The van der Waals surface area contributed by atoms with Crippen LogP contribution in [-0.2, 0) is 4.79 Å². The Morgan fingerprint density at radius 3 is 2.27 bits per heavy atom. The Morgan fingerprint density at radius 2 is 1.68 bits per heavy atom. The van der Waals surface area contributed by atoms with Crippen LogP contribution < -0.4 is 10.6 Å². The lowest BCUT2D eigenvalue weighted by Crippen LogP contribution is -2.14. The first kappa shape index (κ1) is 14.7. The maximum Gasteiger partial charge on any atom is 0.257 e. The van der Waals surface area contributed by atoms with Crippen LogP contribution >= 0.6 is 15.9 Å². The number of amides is 2. The van der Waals surface area contributed by atoms with E-state index in [9.17, 15) is 9.59 Å². The number of aromatic nitrogens is 1. The van der Waals surface area contributed by atoms with Crippen LogP contribution in [0.4, 0.5) is 11.4 Å². The summed E-state index contributed by atoms with van der Waals surface area (Å²) in [5.74, 6) is 0.00367. The lowest BCUT2D eigenvalue weighted by Gasteiger charge is -2.08. The van der Waals surface area contributed by atoms with Crippen molar-refractivity contribution >= 4 is 39.1 Å². The Hall–Kier alpha value is -2.21. The summed E-state index contributed by atoms with van der Waals surface area (Å²) in [5.41, 5.74) is 1.87. The number of pyridine rings is 1. The zero-order valence-electron chi connectivity index (χ0n) is 11.7. The molecule has 0 saturated heterocycles. The maximum atomic E-state index is 12.1. The second kappa shape index (κ2) is 6.27. The molecule has 0 atom stereocenters. The normalized spacial score (nSPS) is 13.5. The number of hydrogen-bond donors (Lipinski definition) is 2. The minimum absolute atomic E-state index is 0.0667. The van der Waals surface area contributed by atoms with Crippen LogP contribution in [0, 0.1) is 5.92 Å². The van der Waals surface area contributed by atoms with Gasteiger partial charge >= 0.3 is 0 Å². The zero-order valence-corrected chi connectivity index (χ0v) is 13.3. The quantitative estimate of drug-likeness (QED) is 0.878. The molecule has 0 bridgehead atoms. The van der Waals surface area contributed by atoms with Gasteiger partial charge in [0.25, 0.3) is 5.91 Å². The number of nitrogens with zero attached hydrogens (tertiary/aromatic N) is 1. The van der Waals surface area contributed by atoms with Gasteiger partial charge in [0, 0.05) is 34.2 Å². The Balaban J connectivity index is 1.63. The molecule has 1 saturated carbocycles. The molecule has 1 heterocycles. The van der Waals surface area contributed by atoms with E-state index in [1.807, 2.05) is 0 Å². The molecule has 3 rings (SSSR count). The molecule has 112 valence electrons. The standard InChI is InChI=1S/C16H14BrN3O2/c17-12-7-11(8-18-9-12)16(22)20-14-5-3-13(4-6-14)19-15(21)10-1-2-10/h3-10H,1-2H2,(H,19,21)(H,20,22). The van der Waals surface area contributed by atoms with Gasteiger partial charge in [-0.3, -0.25) is 14.6 Å². The molecule has 6 heteroatoms. The lowest BCUT2D eigenvalue weighted by atomic mass is 10.2. The summed E-state index contributed by atoms with van der Waals surface area (Å²) in [4.78, 5) is 27.7. The molecule has 1 aliphatic rings. The summed E-state index contributed by atoms with van der Waals surface area (Å²) in [6.07, 6.45) is 5.07. The van der Waals surface area contributed by atoms with Crippen molar-refractivity contribution in [3.05, 3.63) is 52.8 Å². The number of benzene rings is 1. The zero-order chi connectivity index (χ0) is 15.5. The third kappa shape index (κ3) is 3.71. The van der Waals surface area contributed by atoms with Crippen molar-refractivity contribution in [3.8, 4) is 0 Å². The van der Waals surface area contributed by atoms with E-state index in [2.05, 4.69) is 31.5 Å². The summed E-state index contributed by atoms with van der Waals surface area (Å²) < 4.78 is 0.748. The highest BCUT2D eigenvalue weighted by Gasteiger charge is 2.29. The number of halogens is 1. The van der Waals surface area contributed by atoms with Crippen molar-refractivity contribution < 1.29 is 9.59 Å². The molecule has 2 aromatic rings. The smallest absolute Gasteiger partial charge is 0.257 e. The van der Waals surface area contributed by atoms with Crippen molar-refractivity contribution in [3.63, 3.8) is 0 Å². The fourth-order valence-corrected chi connectivity index (χ4v) is 2.33.